The Kier molecular flexibility index (Phi) is 5.85. The molecule has 1 unspecified atom stereocenters. The molecular formula is C23H25N3O3S. The number of hydrogen-bond acceptors (Lipinski definition) is 6. The van der Waals surface area contributed by atoms with E-state index in [0.717, 1.165) is 27.3 Å². The van der Waals surface area contributed by atoms with Crippen molar-refractivity contribution in [3.05, 3.63) is 75.0 Å². The normalized spacial score (nSPS) is 12.7. The fraction of sp³-hybridized carbons (Fsp3) is 0.304. The Morgan fingerprint density at radius 2 is 2.07 bits per heavy atom. The maximum Gasteiger partial charge on any atom is 0.260 e. The van der Waals surface area contributed by atoms with E-state index in [9.17, 15) is 9.90 Å². The third-order valence-electron chi connectivity index (χ3n) is 5.02. The maximum absolute atomic E-state index is 13.0. The van der Waals surface area contributed by atoms with Crippen molar-refractivity contribution in [2.45, 2.75) is 40.0 Å². The highest BCUT2D eigenvalue weighted by Gasteiger charge is 2.17. The van der Waals surface area contributed by atoms with Crippen LogP contribution in [0.1, 0.15) is 29.6 Å². The molecule has 0 amide bonds. The summed E-state index contributed by atoms with van der Waals surface area (Å²) in [6.45, 7) is 7.24. The van der Waals surface area contributed by atoms with Crippen LogP contribution >= 0.6 is 11.3 Å². The van der Waals surface area contributed by atoms with Crippen molar-refractivity contribution in [3.8, 4) is 11.1 Å². The molecule has 7 heteroatoms. The van der Waals surface area contributed by atoms with Crippen LogP contribution in [-0.4, -0.2) is 32.6 Å². The molecule has 0 aliphatic heterocycles. The number of thiophene rings is 1. The summed E-state index contributed by atoms with van der Waals surface area (Å²) >= 11 is 1.48. The number of aromatic amines is 1. The van der Waals surface area contributed by atoms with E-state index in [0.29, 0.717) is 30.8 Å². The highest BCUT2D eigenvalue weighted by molar-refractivity contribution is 7.17. The summed E-state index contributed by atoms with van der Waals surface area (Å²) in [7, 11) is 0. The van der Waals surface area contributed by atoms with Crippen molar-refractivity contribution >= 4 is 21.6 Å². The van der Waals surface area contributed by atoms with Gasteiger partial charge in [-0.3, -0.25) is 9.69 Å². The molecular weight excluding hydrogens is 398 g/mol. The molecule has 0 fully saturated rings. The van der Waals surface area contributed by atoms with Crippen LogP contribution in [0.5, 0.6) is 0 Å². The summed E-state index contributed by atoms with van der Waals surface area (Å²) in [6.07, 6.45) is 1.12. The van der Waals surface area contributed by atoms with Gasteiger partial charge < -0.3 is 14.5 Å². The number of aliphatic hydroxyl groups excluding tert-OH is 1. The summed E-state index contributed by atoms with van der Waals surface area (Å²) in [5, 5.41) is 12.5. The lowest BCUT2D eigenvalue weighted by molar-refractivity contribution is 0.111. The molecule has 30 heavy (non-hydrogen) atoms. The van der Waals surface area contributed by atoms with Gasteiger partial charge in [0, 0.05) is 17.5 Å². The molecule has 0 radical (unpaired) electrons. The first kappa shape index (κ1) is 20.5. The Morgan fingerprint density at radius 3 is 2.77 bits per heavy atom. The van der Waals surface area contributed by atoms with Gasteiger partial charge in [0.2, 0.25) is 0 Å². The number of hydrogen-bond donors (Lipinski definition) is 2. The Bertz CT molecular complexity index is 1210. The van der Waals surface area contributed by atoms with Crippen molar-refractivity contribution in [2.24, 2.45) is 0 Å². The van der Waals surface area contributed by atoms with E-state index in [-0.39, 0.29) is 5.56 Å². The molecule has 0 bridgehead atoms. The third kappa shape index (κ3) is 4.38. The highest BCUT2D eigenvalue weighted by Crippen LogP contribution is 2.33. The van der Waals surface area contributed by atoms with Crippen molar-refractivity contribution < 1.29 is 9.52 Å². The van der Waals surface area contributed by atoms with Crippen LogP contribution in [-0.2, 0) is 13.1 Å². The van der Waals surface area contributed by atoms with Crippen LogP contribution in [0.3, 0.4) is 0 Å². The minimum Gasteiger partial charge on any atom is -0.468 e. The number of rotatable bonds is 7. The zero-order chi connectivity index (χ0) is 21.3. The van der Waals surface area contributed by atoms with Gasteiger partial charge in [-0.05, 0) is 44.0 Å². The van der Waals surface area contributed by atoms with Crippen molar-refractivity contribution in [2.75, 3.05) is 6.54 Å². The summed E-state index contributed by atoms with van der Waals surface area (Å²) in [6, 6.07) is 9.97. The molecule has 1 atom stereocenters. The summed E-state index contributed by atoms with van der Waals surface area (Å²) in [5.41, 5.74) is 4.17. The first-order valence-electron chi connectivity index (χ1n) is 9.91. The lowest BCUT2D eigenvalue weighted by Gasteiger charge is -2.22. The average molecular weight is 424 g/mol. The second-order valence-electron chi connectivity index (χ2n) is 7.76. The van der Waals surface area contributed by atoms with E-state index in [1.165, 1.54) is 16.9 Å². The molecule has 0 spiro atoms. The molecule has 3 heterocycles. The number of nitrogens with zero attached hydrogens (tertiary/aromatic N) is 2. The minimum absolute atomic E-state index is 0.138. The molecule has 156 valence electrons. The monoisotopic (exact) mass is 423 g/mol. The van der Waals surface area contributed by atoms with Gasteiger partial charge >= 0.3 is 0 Å². The topological polar surface area (TPSA) is 82.4 Å². The standard InChI is InChI=1S/C23H25N3O3S/c1-14-6-7-18(15(2)9-14)19-13-30-23-21(19)22(28)24-20(25-23)12-26(10-16(3)27)11-17-5-4-8-29-17/h4-9,13,16,27H,10-12H2,1-3H3,(H,24,25,28). The van der Waals surface area contributed by atoms with Gasteiger partial charge in [0.15, 0.2) is 0 Å². The quantitative estimate of drug-likeness (QED) is 0.464. The summed E-state index contributed by atoms with van der Waals surface area (Å²) in [5.74, 6) is 1.38. The number of aromatic nitrogens is 2. The predicted octanol–water partition coefficient (Wildman–Crippen LogP) is 4.24. The maximum atomic E-state index is 13.0. The number of benzene rings is 1. The van der Waals surface area contributed by atoms with E-state index >= 15 is 0 Å². The van der Waals surface area contributed by atoms with Crippen molar-refractivity contribution in [1.29, 1.82) is 0 Å². The predicted molar refractivity (Wildman–Crippen MR) is 120 cm³/mol. The molecule has 0 saturated heterocycles. The molecule has 4 aromatic rings. The number of H-pyrrole nitrogens is 1. The fourth-order valence-electron chi connectivity index (χ4n) is 3.78. The van der Waals surface area contributed by atoms with Crippen LogP contribution in [0.15, 0.2) is 51.2 Å². The molecule has 3 aromatic heterocycles. The van der Waals surface area contributed by atoms with Gasteiger partial charge in [0.1, 0.15) is 16.4 Å². The third-order valence-corrected chi connectivity index (χ3v) is 5.89. The van der Waals surface area contributed by atoms with Crippen molar-refractivity contribution in [1.82, 2.24) is 14.9 Å². The zero-order valence-electron chi connectivity index (χ0n) is 17.3. The zero-order valence-corrected chi connectivity index (χ0v) is 18.1. The van der Waals surface area contributed by atoms with Crippen molar-refractivity contribution in [3.63, 3.8) is 0 Å². The molecule has 0 aliphatic carbocycles. The van der Waals surface area contributed by atoms with E-state index in [4.69, 9.17) is 9.40 Å². The van der Waals surface area contributed by atoms with Crippen LogP contribution in [0.25, 0.3) is 21.3 Å². The van der Waals surface area contributed by atoms with Crippen LogP contribution in [0.2, 0.25) is 0 Å². The van der Waals surface area contributed by atoms with E-state index < -0.39 is 6.10 Å². The van der Waals surface area contributed by atoms with Gasteiger partial charge in [0.25, 0.3) is 5.56 Å². The van der Waals surface area contributed by atoms with Gasteiger partial charge in [0.05, 0.1) is 30.8 Å². The smallest absolute Gasteiger partial charge is 0.260 e. The van der Waals surface area contributed by atoms with Crippen LogP contribution < -0.4 is 5.56 Å². The Hall–Kier alpha value is -2.74. The van der Waals surface area contributed by atoms with Gasteiger partial charge in [-0.25, -0.2) is 4.98 Å². The Morgan fingerprint density at radius 1 is 1.23 bits per heavy atom. The van der Waals surface area contributed by atoms with Gasteiger partial charge in [-0.15, -0.1) is 11.3 Å². The number of furan rings is 1. The number of fused-ring (bicyclic) bond motifs is 1. The van der Waals surface area contributed by atoms with E-state index in [2.05, 4.69) is 37.0 Å². The Labute approximate surface area is 178 Å². The largest absolute Gasteiger partial charge is 0.468 e. The lowest BCUT2D eigenvalue weighted by atomic mass is 9.99. The Balaban J connectivity index is 1.67. The minimum atomic E-state index is -0.506. The number of aryl methyl sites for hydroxylation is 2. The number of nitrogens with one attached hydrogen (secondary N) is 1. The molecule has 2 N–H and O–H groups in total. The second kappa shape index (κ2) is 8.55. The average Bonchev–Trinajstić information content (AvgIpc) is 3.31. The SMILES string of the molecule is Cc1ccc(-c2csc3nc(CN(Cc4ccco4)CC(C)O)[nH]c(=O)c23)c(C)c1. The van der Waals surface area contributed by atoms with Crippen LogP contribution in [0, 0.1) is 13.8 Å². The van der Waals surface area contributed by atoms with E-state index in [1.54, 1.807) is 13.2 Å². The van der Waals surface area contributed by atoms with Gasteiger partial charge in [-0.1, -0.05) is 23.8 Å². The molecule has 6 nitrogen and oxygen atoms in total. The molecule has 1 aromatic carbocycles. The first-order chi connectivity index (χ1) is 14.4. The first-order valence-corrected chi connectivity index (χ1v) is 10.8. The summed E-state index contributed by atoms with van der Waals surface area (Å²) < 4.78 is 5.44. The summed E-state index contributed by atoms with van der Waals surface area (Å²) in [4.78, 5) is 23.4. The number of aliphatic hydroxyl groups is 1. The van der Waals surface area contributed by atoms with Crippen LogP contribution in [0.4, 0.5) is 0 Å². The highest BCUT2D eigenvalue weighted by atomic mass is 32.1. The molecule has 0 aliphatic rings. The van der Waals surface area contributed by atoms with E-state index in [1.807, 2.05) is 22.4 Å². The molecule has 4 rings (SSSR count). The molecule has 0 saturated carbocycles. The fourth-order valence-corrected chi connectivity index (χ4v) is 4.73. The lowest BCUT2D eigenvalue weighted by Crippen LogP contribution is -2.31. The second-order valence-corrected chi connectivity index (χ2v) is 8.62. The van der Waals surface area contributed by atoms with Gasteiger partial charge in [-0.2, -0.15) is 0 Å².